The first-order valence-corrected chi connectivity index (χ1v) is 14.6. The second kappa shape index (κ2) is 15.3. The zero-order valence-electron chi connectivity index (χ0n) is 24.7. The van der Waals surface area contributed by atoms with Crippen LogP contribution in [0.1, 0.15) is 76.5 Å². The summed E-state index contributed by atoms with van der Waals surface area (Å²) in [4.78, 5) is 29.0. The molecule has 2 amide bonds. The Morgan fingerprint density at radius 1 is 0.923 bits per heavy atom. The van der Waals surface area contributed by atoms with Crippen LogP contribution in [0.4, 0.5) is 5.69 Å². The molecule has 3 rings (SSSR count). The summed E-state index contributed by atoms with van der Waals surface area (Å²) < 4.78 is 7.90. The predicted octanol–water partition coefficient (Wildman–Crippen LogP) is 7.15. The van der Waals surface area contributed by atoms with E-state index in [-0.39, 0.29) is 11.8 Å². The quantitative estimate of drug-likeness (QED) is 0.184. The van der Waals surface area contributed by atoms with Crippen LogP contribution >= 0.6 is 0 Å². The minimum Gasteiger partial charge on any atom is -0.497 e. The summed E-state index contributed by atoms with van der Waals surface area (Å²) >= 11 is 0. The Morgan fingerprint density at radius 3 is 2.36 bits per heavy atom. The molecule has 0 spiro atoms. The Balaban J connectivity index is 1.67. The minimum absolute atomic E-state index is 0.0528. The molecule has 0 atom stereocenters. The van der Waals surface area contributed by atoms with Gasteiger partial charge in [-0.1, -0.05) is 56.5 Å². The maximum Gasteiger partial charge on any atom is 0.223 e. The molecule has 0 radical (unpaired) electrons. The van der Waals surface area contributed by atoms with Crippen LogP contribution in [0.2, 0.25) is 0 Å². The molecule has 0 unspecified atom stereocenters. The number of amides is 2. The molecule has 6 nitrogen and oxygen atoms in total. The number of hydrogen-bond donors (Lipinski definition) is 0. The van der Waals surface area contributed by atoms with E-state index in [9.17, 15) is 9.59 Å². The van der Waals surface area contributed by atoms with Gasteiger partial charge >= 0.3 is 0 Å². The van der Waals surface area contributed by atoms with Gasteiger partial charge in [-0.25, -0.2) is 0 Å². The molecule has 1 aromatic heterocycles. The largest absolute Gasteiger partial charge is 0.497 e. The molecule has 3 aromatic rings. The normalized spacial score (nSPS) is 11.1. The molecule has 2 aromatic carbocycles. The Kier molecular flexibility index (Phi) is 11.9. The average molecular weight is 534 g/mol. The minimum atomic E-state index is 0.0528. The van der Waals surface area contributed by atoms with Crippen LogP contribution in [0.3, 0.4) is 0 Å². The van der Waals surface area contributed by atoms with Gasteiger partial charge in [0.2, 0.25) is 11.8 Å². The Labute approximate surface area is 234 Å². The van der Waals surface area contributed by atoms with Gasteiger partial charge in [0.05, 0.1) is 18.3 Å². The number of aryl methyl sites for hydroxylation is 2. The summed E-state index contributed by atoms with van der Waals surface area (Å²) in [7, 11) is 3.58. The van der Waals surface area contributed by atoms with Crippen LogP contribution in [0.15, 0.2) is 48.5 Å². The molecule has 1 heterocycles. The van der Waals surface area contributed by atoms with E-state index in [1.165, 1.54) is 5.56 Å². The molecule has 212 valence electrons. The van der Waals surface area contributed by atoms with E-state index < -0.39 is 0 Å². The first kappa shape index (κ1) is 30.3. The predicted molar refractivity (Wildman–Crippen MR) is 162 cm³/mol. The third-order valence-corrected chi connectivity index (χ3v) is 7.63. The van der Waals surface area contributed by atoms with E-state index in [0.717, 1.165) is 92.5 Å². The number of fused-ring (bicyclic) bond motifs is 1. The molecule has 0 N–H and O–H groups in total. The van der Waals surface area contributed by atoms with Crippen LogP contribution < -0.4 is 9.64 Å². The number of rotatable bonds is 16. The molecule has 0 aliphatic rings. The standard InChI is InChI=1S/C33H47N3O3/c1-6-7-22-34(4)32(38)19-13-8-9-14-23-36(27(3)37)33-26(2)35(24-15-18-28-16-11-10-12-17-28)31-21-20-29(39-5)25-30(31)33/h10-12,16-17,20-21,25H,6-9,13-15,18-19,22-24H2,1-5H3. The van der Waals surface area contributed by atoms with E-state index in [2.05, 4.69) is 60.9 Å². The molecular formula is C33H47N3O3. The highest BCUT2D eigenvalue weighted by molar-refractivity contribution is 6.04. The number of benzene rings is 2. The summed E-state index contributed by atoms with van der Waals surface area (Å²) in [5, 5.41) is 1.06. The molecule has 0 fully saturated rings. The molecule has 6 heteroatoms. The van der Waals surface area contributed by atoms with Gasteiger partial charge in [-0.15, -0.1) is 0 Å². The Hall–Kier alpha value is -3.28. The highest BCUT2D eigenvalue weighted by atomic mass is 16.5. The number of unbranched alkanes of at least 4 members (excludes halogenated alkanes) is 4. The third-order valence-electron chi connectivity index (χ3n) is 7.63. The fourth-order valence-corrected chi connectivity index (χ4v) is 5.32. The van der Waals surface area contributed by atoms with Gasteiger partial charge in [0.1, 0.15) is 5.75 Å². The molecular weight excluding hydrogens is 486 g/mol. The third kappa shape index (κ3) is 8.35. The van der Waals surface area contributed by atoms with Gasteiger partial charge in [-0.05, 0) is 62.8 Å². The van der Waals surface area contributed by atoms with Gasteiger partial charge in [0.25, 0.3) is 0 Å². The van der Waals surface area contributed by atoms with E-state index in [1.807, 2.05) is 22.9 Å². The fourth-order valence-electron chi connectivity index (χ4n) is 5.32. The van der Waals surface area contributed by atoms with Crippen molar-refractivity contribution in [3.63, 3.8) is 0 Å². The van der Waals surface area contributed by atoms with Gasteiger partial charge in [-0.2, -0.15) is 0 Å². The van der Waals surface area contributed by atoms with Crippen molar-refractivity contribution < 1.29 is 14.3 Å². The molecule has 0 saturated carbocycles. The van der Waals surface area contributed by atoms with Crippen molar-refractivity contribution in [1.29, 1.82) is 0 Å². The smallest absolute Gasteiger partial charge is 0.223 e. The van der Waals surface area contributed by atoms with E-state index in [4.69, 9.17) is 4.74 Å². The zero-order valence-corrected chi connectivity index (χ0v) is 24.7. The van der Waals surface area contributed by atoms with Crippen molar-refractivity contribution in [2.75, 3.05) is 32.1 Å². The van der Waals surface area contributed by atoms with Crippen molar-refractivity contribution in [2.24, 2.45) is 0 Å². The summed E-state index contributed by atoms with van der Waals surface area (Å²) in [6, 6.07) is 16.7. The van der Waals surface area contributed by atoms with Crippen LogP contribution in [-0.2, 0) is 22.6 Å². The van der Waals surface area contributed by atoms with Crippen molar-refractivity contribution in [3.8, 4) is 5.75 Å². The lowest BCUT2D eigenvalue weighted by molar-refractivity contribution is -0.130. The second-order valence-corrected chi connectivity index (χ2v) is 10.6. The first-order chi connectivity index (χ1) is 18.9. The Bertz CT molecular complexity index is 1200. The molecule has 39 heavy (non-hydrogen) atoms. The van der Waals surface area contributed by atoms with E-state index in [0.29, 0.717) is 13.0 Å². The van der Waals surface area contributed by atoms with Gasteiger partial charge in [0.15, 0.2) is 0 Å². The van der Waals surface area contributed by atoms with E-state index in [1.54, 1.807) is 14.0 Å². The van der Waals surface area contributed by atoms with Gasteiger partial charge in [0, 0.05) is 51.1 Å². The summed E-state index contributed by atoms with van der Waals surface area (Å²) in [6.07, 6.45) is 8.58. The van der Waals surface area contributed by atoms with Gasteiger partial charge < -0.3 is 19.1 Å². The highest BCUT2D eigenvalue weighted by Gasteiger charge is 2.22. The Morgan fingerprint density at radius 2 is 1.67 bits per heavy atom. The molecule has 0 aliphatic carbocycles. The SMILES string of the molecule is CCCCN(C)C(=O)CCCCCCN(C(C)=O)c1c(C)n(CCCc2ccccc2)c2ccc(OC)cc12. The van der Waals surface area contributed by atoms with Crippen molar-refractivity contribution in [1.82, 2.24) is 9.47 Å². The van der Waals surface area contributed by atoms with Crippen LogP contribution in [-0.4, -0.2) is 48.5 Å². The molecule has 0 aliphatic heterocycles. The number of hydrogen-bond acceptors (Lipinski definition) is 3. The average Bonchev–Trinajstić information content (AvgIpc) is 3.21. The zero-order chi connectivity index (χ0) is 28.2. The maximum absolute atomic E-state index is 12.9. The highest BCUT2D eigenvalue weighted by Crippen LogP contribution is 2.36. The number of methoxy groups -OCH3 is 1. The number of anilines is 1. The lowest BCUT2D eigenvalue weighted by Gasteiger charge is -2.22. The number of nitrogens with zero attached hydrogens (tertiary/aromatic N) is 3. The lowest BCUT2D eigenvalue weighted by Crippen LogP contribution is -2.30. The maximum atomic E-state index is 12.9. The summed E-state index contributed by atoms with van der Waals surface area (Å²) in [6.45, 7) is 8.32. The second-order valence-electron chi connectivity index (χ2n) is 10.6. The molecule has 0 bridgehead atoms. The summed E-state index contributed by atoms with van der Waals surface area (Å²) in [5.74, 6) is 1.08. The molecule has 0 saturated heterocycles. The monoisotopic (exact) mass is 533 g/mol. The number of carbonyl (C=O) groups excluding carboxylic acids is 2. The number of aromatic nitrogens is 1. The van der Waals surface area contributed by atoms with Gasteiger partial charge in [-0.3, -0.25) is 9.59 Å². The van der Waals surface area contributed by atoms with Crippen LogP contribution in [0.25, 0.3) is 10.9 Å². The van der Waals surface area contributed by atoms with Crippen LogP contribution in [0, 0.1) is 6.92 Å². The number of ether oxygens (including phenoxy) is 1. The number of carbonyl (C=O) groups is 2. The fraction of sp³-hybridized carbons (Fsp3) is 0.515. The van der Waals surface area contributed by atoms with Crippen LogP contribution in [0.5, 0.6) is 5.75 Å². The van der Waals surface area contributed by atoms with Crippen molar-refractivity contribution in [3.05, 3.63) is 59.8 Å². The van der Waals surface area contributed by atoms with E-state index >= 15 is 0 Å². The lowest BCUT2D eigenvalue weighted by atomic mass is 10.1. The van der Waals surface area contributed by atoms with Crippen molar-refractivity contribution in [2.45, 2.75) is 85.1 Å². The topological polar surface area (TPSA) is 54.8 Å². The first-order valence-electron chi connectivity index (χ1n) is 14.6. The summed E-state index contributed by atoms with van der Waals surface area (Å²) in [5.41, 5.74) is 4.58. The van der Waals surface area contributed by atoms with Crippen molar-refractivity contribution >= 4 is 28.4 Å².